The van der Waals surface area contributed by atoms with Crippen LogP contribution in [0, 0.1) is 17.8 Å². The van der Waals surface area contributed by atoms with Crippen LogP contribution in [0.2, 0.25) is 0 Å². The smallest absolute Gasteiger partial charge is 0.0721 e. The molecule has 0 radical (unpaired) electrons. The Kier molecular flexibility index (Phi) is 9.67. The summed E-state index contributed by atoms with van der Waals surface area (Å²) in [5, 5.41) is 20.7. The van der Waals surface area contributed by atoms with Crippen LogP contribution in [0.4, 0.5) is 0 Å². The topological polar surface area (TPSA) is 62.2 Å². The van der Waals surface area contributed by atoms with Crippen LogP contribution in [0.1, 0.15) is 51.9 Å². The maximum atomic E-state index is 10.5. The van der Waals surface area contributed by atoms with Crippen molar-refractivity contribution in [3.8, 4) is 0 Å². The van der Waals surface area contributed by atoms with Gasteiger partial charge in [-0.1, -0.05) is 50.0 Å². The Labute approximate surface area is 176 Å². The van der Waals surface area contributed by atoms with E-state index in [1.54, 1.807) is 0 Å². The highest BCUT2D eigenvalue weighted by molar-refractivity contribution is 5.18. The van der Waals surface area contributed by atoms with Crippen LogP contribution in [0.15, 0.2) is 23.8 Å². The van der Waals surface area contributed by atoms with E-state index < -0.39 is 0 Å². The third-order valence-corrected chi connectivity index (χ3v) is 6.92. The molecule has 0 aromatic heterocycles. The largest absolute Gasteiger partial charge is 0.392 e. The van der Waals surface area contributed by atoms with Gasteiger partial charge in [-0.25, -0.2) is 0 Å². The molecule has 5 atom stereocenters. The summed E-state index contributed by atoms with van der Waals surface area (Å²) in [5.41, 5.74) is 1.49. The SMILES string of the molecule is CCCCC[C@H](O)C=C[C@@H]1[C@H]2CC(=CCOCCN3CCOCC3)C[C@H]2C[C@H]1O. The van der Waals surface area contributed by atoms with E-state index in [0.717, 1.165) is 71.6 Å². The van der Waals surface area contributed by atoms with Gasteiger partial charge < -0.3 is 19.7 Å². The zero-order chi connectivity index (χ0) is 20.5. The summed E-state index contributed by atoms with van der Waals surface area (Å²) in [6.45, 7) is 8.33. The van der Waals surface area contributed by atoms with Gasteiger partial charge in [0.05, 0.1) is 38.6 Å². The number of fused-ring (bicyclic) bond motifs is 1. The molecule has 166 valence electrons. The molecular weight excluding hydrogens is 366 g/mol. The standard InChI is InChI=1S/C24H41NO4/c1-2-3-4-5-21(26)6-7-22-23-17-19(16-20(23)18-24(22)27)8-12-28-13-9-25-10-14-29-15-11-25/h6-8,20-24,26-27H,2-5,9-18H2,1H3/t20-,21-,22+,23-,24+/m0/s1. The van der Waals surface area contributed by atoms with Crippen molar-refractivity contribution in [3.05, 3.63) is 23.8 Å². The quantitative estimate of drug-likeness (QED) is 0.407. The minimum atomic E-state index is -0.371. The lowest BCUT2D eigenvalue weighted by atomic mass is 9.90. The second-order valence-electron chi connectivity index (χ2n) is 9.05. The van der Waals surface area contributed by atoms with Gasteiger partial charge in [-0.3, -0.25) is 4.90 Å². The third-order valence-electron chi connectivity index (χ3n) is 6.92. The zero-order valence-corrected chi connectivity index (χ0v) is 18.2. The Morgan fingerprint density at radius 1 is 1.24 bits per heavy atom. The first-order valence-corrected chi connectivity index (χ1v) is 11.8. The number of aliphatic hydroxyl groups is 2. The molecule has 1 aliphatic heterocycles. The van der Waals surface area contributed by atoms with Crippen molar-refractivity contribution in [1.82, 2.24) is 4.90 Å². The van der Waals surface area contributed by atoms with Crippen LogP contribution in [0.5, 0.6) is 0 Å². The summed E-state index contributed by atoms with van der Waals surface area (Å²) < 4.78 is 11.2. The van der Waals surface area contributed by atoms with E-state index in [-0.39, 0.29) is 18.1 Å². The molecule has 5 nitrogen and oxygen atoms in total. The Balaban J connectivity index is 1.38. The van der Waals surface area contributed by atoms with Gasteiger partial charge in [-0.05, 0) is 37.5 Å². The summed E-state index contributed by atoms with van der Waals surface area (Å²) in [4.78, 5) is 2.39. The van der Waals surface area contributed by atoms with E-state index in [0.29, 0.717) is 18.4 Å². The van der Waals surface area contributed by atoms with Crippen LogP contribution in [0.3, 0.4) is 0 Å². The predicted molar refractivity (Wildman–Crippen MR) is 116 cm³/mol. The summed E-state index contributed by atoms with van der Waals surface area (Å²) >= 11 is 0. The van der Waals surface area contributed by atoms with E-state index in [4.69, 9.17) is 9.47 Å². The normalized spacial score (nSPS) is 33.0. The fraction of sp³-hybridized carbons (Fsp3) is 0.833. The molecule has 2 N–H and O–H groups in total. The van der Waals surface area contributed by atoms with Gasteiger partial charge in [-0.15, -0.1) is 0 Å². The summed E-state index contributed by atoms with van der Waals surface area (Å²) in [7, 11) is 0. The van der Waals surface area contributed by atoms with Crippen molar-refractivity contribution in [2.75, 3.05) is 46.1 Å². The van der Waals surface area contributed by atoms with Crippen molar-refractivity contribution in [3.63, 3.8) is 0 Å². The minimum Gasteiger partial charge on any atom is -0.392 e. The molecule has 29 heavy (non-hydrogen) atoms. The molecule has 0 spiro atoms. The molecule has 1 saturated heterocycles. The number of hydrogen-bond acceptors (Lipinski definition) is 5. The fourth-order valence-corrected chi connectivity index (χ4v) is 5.17. The molecule has 0 amide bonds. The van der Waals surface area contributed by atoms with Crippen molar-refractivity contribution in [2.24, 2.45) is 17.8 Å². The van der Waals surface area contributed by atoms with Crippen molar-refractivity contribution < 1.29 is 19.7 Å². The fourth-order valence-electron chi connectivity index (χ4n) is 5.17. The lowest BCUT2D eigenvalue weighted by Crippen LogP contribution is -2.38. The predicted octanol–water partition coefficient (Wildman–Crippen LogP) is 3.17. The number of allylic oxidation sites excluding steroid dienone is 1. The summed E-state index contributed by atoms with van der Waals surface area (Å²) in [6, 6.07) is 0. The van der Waals surface area contributed by atoms with Crippen LogP contribution < -0.4 is 0 Å². The summed E-state index contributed by atoms with van der Waals surface area (Å²) in [6.07, 6.45) is 13.0. The monoisotopic (exact) mass is 407 g/mol. The van der Waals surface area contributed by atoms with Gasteiger partial charge in [0, 0.05) is 25.6 Å². The molecule has 3 fully saturated rings. The van der Waals surface area contributed by atoms with Gasteiger partial charge in [0.25, 0.3) is 0 Å². The zero-order valence-electron chi connectivity index (χ0n) is 18.2. The van der Waals surface area contributed by atoms with E-state index >= 15 is 0 Å². The number of nitrogens with zero attached hydrogens (tertiary/aromatic N) is 1. The number of morpholine rings is 1. The van der Waals surface area contributed by atoms with Crippen molar-refractivity contribution >= 4 is 0 Å². The Morgan fingerprint density at radius 2 is 2.07 bits per heavy atom. The van der Waals surface area contributed by atoms with Gasteiger partial charge in [0.2, 0.25) is 0 Å². The Bertz CT molecular complexity index is 529. The second kappa shape index (κ2) is 12.2. The second-order valence-corrected chi connectivity index (χ2v) is 9.05. The third kappa shape index (κ3) is 7.18. The average molecular weight is 408 g/mol. The maximum Gasteiger partial charge on any atom is 0.0721 e. The lowest BCUT2D eigenvalue weighted by molar-refractivity contribution is 0.0233. The van der Waals surface area contributed by atoms with Crippen LogP contribution >= 0.6 is 0 Å². The molecule has 0 aromatic carbocycles. The highest BCUT2D eigenvalue weighted by atomic mass is 16.5. The molecule has 2 aliphatic carbocycles. The number of rotatable bonds is 11. The van der Waals surface area contributed by atoms with Crippen LogP contribution in [0.25, 0.3) is 0 Å². The maximum absolute atomic E-state index is 10.5. The molecular formula is C24H41NO4. The summed E-state index contributed by atoms with van der Waals surface area (Å²) in [5.74, 6) is 1.29. The van der Waals surface area contributed by atoms with E-state index in [1.165, 1.54) is 18.4 Å². The first-order chi connectivity index (χ1) is 14.2. The molecule has 1 heterocycles. The van der Waals surface area contributed by atoms with Gasteiger partial charge in [0.1, 0.15) is 0 Å². The number of hydrogen-bond donors (Lipinski definition) is 2. The average Bonchev–Trinajstić information content (AvgIpc) is 3.23. The molecule has 0 unspecified atom stereocenters. The number of unbranched alkanes of at least 4 members (excludes halogenated alkanes) is 2. The first-order valence-electron chi connectivity index (χ1n) is 11.8. The minimum absolute atomic E-state index is 0.189. The molecule has 0 aromatic rings. The number of ether oxygens (including phenoxy) is 2. The highest BCUT2D eigenvalue weighted by Gasteiger charge is 2.44. The highest BCUT2D eigenvalue weighted by Crippen LogP contribution is 2.50. The van der Waals surface area contributed by atoms with E-state index in [2.05, 4.69) is 24.0 Å². The Hall–Kier alpha value is -0.720. The van der Waals surface area contributed by atoms with Crippen molar-refractivity contribution in [2.45, 2.75) is 64.1 Å². The molecule has 3 rings (SSSR count). The lowest BCUT2D eigenvalue weighted by Gasteiger charge is -2.26. The van der Waals surface area contributed by atoms with Gasteiger partial charge in [-0.2, -0.15) is 0 Å². The van der Waals surface area contributed by atoms with Gasteiger partial charge >= 0.3 is 0 Å². The van der Waals surface area contributed by atoms with Crippen molar-refractivity contribution in [1.29, 1.82) is 0 Å². The van der Waals surface area contributed by atoms with E-state index in [1.807, 2.05) is 6.08 Å². The first kappa shape index (κ1) is 23.0. The molecule has 3 aliphatic rings. The Morgan fingerprint density at radius 3 is 2.86 bits per heavy atom. The van der Waals surface area contributed by atoms with Crippen LogP contribution in [-0.4, -0.2) is 73.4 Å². The molecule has 5 heteroatoms. The van der Waals surface area contributed by atoms with Crippen LogP contribution in [-0.2, 0) is 9.47 Å². The van der Waals surface area contributed by atoms with Gasteiger partial charge in [0.15, 0.2) is 0 Å². The molecule has 2 saturated carbocycles. The van der Waals surface area contributed by atoms with E-state index in [9.17, 15) is 10.2 Å². The number of aliphatic hydroxyl groups excluding tert-OH is 2. The molecule has 0 bridgehead atoms.